The van der Waals surface area contributed by atoms with Gasteiger partial charge in [0.1, 0.15) is 0 Å². The van der Waals surface area contributed by atoms with Crippen molar-refractivity contribution in [2.24, 2.45) is 0 Å². The molecule has 4 nitrogen and oxygen atoms in total. The van der Waals surface area contributed by atoms with Crippen molar-refractivity contribution in [1.29, 1.82) is 0 Å². The number of nitrogens with one attached hydrogen (secondary N) is 1. The molecular weight excluding hydrogens is 251 g/mol. The van der Waals surface area contributed by atoms with E-state index >= 15 is 0 Å². The molecule has 0 aliphatic rings. The molecule has 1 N–H and O–H groups in total. The Labute approximate surface area is 102 Å². The topological polar surface area (TPSA) is 47.6 Å². The zero-order valence-corrected chi connectivity index (χ0v) is 9.80. The number of ether oxygens (including phenoxy) is 2. The summed E-state index contributed by atoms with van der Waals surface area (Å²) in [5.74, 6) is -1.39. The number of amides is 1. The van der Waals surface area contributed by atoms with Crippen LogP contribution in [0.4, 0.5) is 18.9 Å². The van der Waals surface area contributed by atoms with Crippen molar-refractivity contribution in [3.8, 4) is 11.5 Å². The number of halogens is 3. The van der Waals surface area contributed by atoms with E-state index in [-0.39, 0.29) is 11.4 Å². The number of carbonyl (C=O) groups is 1. The molecule has 0 spiro atoms. The Morgan fingerprint density at radius 3 is 2.50 bits per heavy atom. The monoisotopic (exact) mass is 263 g/mol. The van der Waals surface area contributed by atoms with Crippen LogP contribution in [0.3, 0.4) is 0 Å². The van der Waals surface area contributed by atoms with Crippen LogP contribution in [0.15, 0.2) is 18.2 Å². The molecular formula is C11H12F3NO3. The number of hydrogen-bond acceptors (Lipinski definition) is 3. The number of anilines is 1. The highest BCUT2D eigenvalue weighted by atomic mass is 19.4. The molecule has 1 amide bonds. The summed E-state index contributed by atoms with van der Waals surface area (Å²) in [7, 11) is 1.41. The molecule has 0 saturated heterocycles. The Balaban J connectivity index is 2.91. The lowest BCUT2D eigenvalue weighted by Gasteiger charge is -2.12. The number of benzene rings is 1. The third-order valence-corrected chi connectivity index (χ3v) is 1.98. The van der Waals surface area contributed by atoms with E-state index in [1.807, 2.05) is 0 Å². The quantitative estimate of drug-likeness (QED) is 0.908. The third kappa shape index (κ3) is 3.54. The fourth-order valence-electron chi connectivity index (χ4n) is 1.22. The van der Waals surface area contributed by atoms with E-state index in [0.29, 0.717) is 12.4 Å². The van der Waals surface area contributed by atoms with Gasteiger partial charge in [-0.2, -0.15) is 13.2 Å². The van der Waals surface area contributed by atoms with Crippen LogP contribution >= 0.6 is 0 Å². The van der Waals surface area contributed by atoms with Gasteiger partial charge in [0, 0.05) is 11.8 Å². The van der Waals surface area contributed by atoms with E-state index in [2.05, 4.69) is 0 Å². The molecule has 1 aromatic rings. The largest absolute Gasteiger partial charge is 0.493 e. The molecule has 0 fully saturated rings. The highest BCUT2D eigenvalue weighted by molar-refractivity contribution is 5.95. The van der Waals surface area contributed by atoms with Crippen molar-refractivity contribution in [2.45, 2.75) is 13.1 Å². The second kappa shape index (κ2) is 5.61. The van der Waals surface area contributed by atoms with Gasteiger partial charge in [-0.1, -0.05) is 0 Å². The maximum Gasteiger partial charge on any atom is 0.471 e. The minimum Gasteiger partial charge on any atom is -0.493 e. The van der Waals surface area contributed by atoms with Gasteiger partial charge < -0.3 is 14.8 Å². The predicted octanol–water partition coefficient (Wildman–Crippen LogP) is 2.59. The fraction of sp³-hybridized carbons (Fsp3) is 0.364. The van der Waals surface area contributed by atoms with Crippen molar-refractivity contribution in [1.82, 2.24) is 0 Å². The number of carbonyl (C=O) groups excluding carboxylic acids is 1. The van der Waals surface area contributed by atoms with Crippen molar-refractivity contribution in [3.63, 3.8) is 0 Å². The Morgan fingerprint density at radius 1 is 1.33 bits per heavy atom. The lowest BCUT2D eigenvalue weighted by atomic mass is 10.2. The summed E-state index contributed by atoms with van der Waals surface area (Å²) < 4.78 is 46.3. The molecule has 1 aromatic carbocycles. The number of hydrogen-bond donors (Lipinski definition) is 1. The van der Waals surface area contributed by atoms with E-state index in [0.717, 1.165) is 0 Å². The fourth-order valence-corrected chi connectivity index (χ4v) is 1.22. The van der Waals surface area contributed by atoms with Gasteiger partial charge in [0.25, 0.3) is 0 Å². The minimum atomic E-state index is -4.92. The first-order valence-electron chi connectivity index (χ1n) is 5.07. The van der Waals surface area contributed by atoms with Gasteiger partial charge in [0.05, 0.1) is 13.7 Å². The van der Waals surface area contributed by atoms with Crippen molar-refractivity contribution in [2.75, 3.05) is 19.0 Å². The molecule has 1 rings (SSSR count). The highest BCUT2D eigenvalue weighted by Gasteiger charge is 2.38. The third-order valence-electron chi connectivity index (χ3n) is 1.98. The number of rotatable bonds is 4. The summed E-state index contributed by atoms with van der Waals surface area (Å²) in [5.41, 5.74) is -0.0124. The predicted molar refractivity (Wildman–Crippen MR) is 58.8 cm³/mol. The second-order valence-corrected chi connectivity index (χ2v) is 3.25. The zero-order chi connectivity index (χ0) is 13.8. The van der Waals surface area contributed by atoms with Crippen molar-refractivity contribution < 1.29 is 27.4 Å². The summed E-state index contributed by atoms with van der Waals surface area (Å²) in [6.07, 6.45) is -4.92. The van der Waals surface area contributed by atoms with Crippen molar-refractivity contribution >= 4 is 11.6 Å². The normalized spacial score (nSPS) is 10.9. The van der Waals surface area contributed by atoms with Crippen LogP contribution < -0.4 is 14.8 Å². The highest BCUT2D eigenvalue weighted by Crippen LogP contribution is 2.30. The summed E-state index contributed by atoms with van der Waals surface area (Å²) in [6, 6.07) is 3.98. The molecule has 7 heteroatoms. The SMILES string of the molecule is CCOc1cc(NC(=O)C(F)(F)F)ccc1OC. The summed E-state index contributed by atoms with van der Waals surface area (Å²) >= 11 is 0. The van der Waals surface area contributed by atoms with E-state index in [9.17, 15) is 18.0 Å². The molecule has 0 aliphatic heterocycles. The first-order chi connectivity index (χ1) is 8.38. The summed E-state index contributed by atoms with van der Waals surface area (Å²) in [5, 5.41) is 1.73. The number of methoxy groups -OCH3 is 1. The van der Waals surface area contributed by atoms with Gasteiger partial charge in [0.2, 0.25) is 0 Å². The standard InChI is InChI=1S/C11H12F3NO3/c1-3-18-9-6-7(4-5-8(9)17-2)15-10(16)11(12,13)14/h4-6H,3H2,1-2H3,(H,15,16). The maximum atomic E-state index is 12.1. The summed E-state index contributed by atoms with van der Waals surface area (Å²) in [6.45, 7) is 2.05. The van der Waals surface area contributed by atoms with Gasteiger partial charge in [-0.3, -0.25) is 4.79 Å². The molecule has 0 bridgehead atoms. The molecule has 0 radical (unpaired) electrons. The van der Waals surface area contributed by atoms with E-state index in [1.165, 1.54) is 25.3 Å². The summed E-state index contributed by atoms with van der Waals surface area (Å²) in [4.78, 5) is 10.7. The lowest BCUT2D eigenvalue weighted by molar-refractivity contribution is -0.167. The van der Waals surface area contributed by atoms with Gasteiger partial charge in [-0.25, -0.2) is 0 Å². The van der Waals surface area contributed by atoms with Gasteiger partial charge in [0.15, 0.2) is 11.5 Å². The van der Waals surface area contributed by atoms with E-state index in [1.54, 1.807) is 12.2 Å². The van der Waals surface area contributed by atoms with Crippen LogP contribution in [-0.2, 0) is 4.79 Å². The van der Waals surface area contributed by atoms with Crippen molar-refractivity contribution in [3.05, 3.63) is 18.2 Å². The van der Waals surface area contributed by atoms with Gasteiger partial charge in [-0.05, 0) is 19.1 Å². The average molecular weight is 263 g/mol. The van der Waals surface area contributed by atoms with Crippen LogP contribution in [0, 0.1) is 0 Å². The van der Waals surface area contributed by atoms with E-state index < -0.39 is 12.1 Å². The van der Waals surface area contributed by atoms with Crippen LogP contribution in [-0.4, -0.2) is 25.8 Å². The molecule has 0 atom stereocenters. The Morgan fingerprint density at radius 2 is 2.00 bits per heavy atom. The lowest BCUT2D eigenvalue weighted by Crippen LogP contribution is -2.29. The molecule has 0 heterocycles. The second-order valence-electron chi connectivity index (χ2n) is 3.25. The number of alkyl halides is 3. The molecule has 0 saturated carbocycles. The van der Waals surface area contributed by atoms with E-state index in [4.69, 9.17) is 9.47 Å². The maximum absolute atomic E-state index is 12.1. The first kappa shape index (κ1) is 14.1. The molecule has 0 unspecified atom stereocenters. The molecule has 100 valence electrons. The minimum absolute atomic E-state index is 0.0124. The Bertz CT molecular complexity index is 432. The van der Waals surface area contributed by atoms with Crippen LogP contribution in [0.5, 0.6) is 11.5 Å². The average Bonchev–Trinajstić information content (AvgIpc) is 2.28. The zero-order valence-electron chi connectivity index (χ0n) is 9.80. The first-order valence-corrected chi connectivity index (χ1v) is 5.07. The Hall–Kier alpha value is -1.92. The smallest absolute Gasteiger partial charge is 0.471 e. The molecule has 18 heavy (non-hydrogen) atoms. The van der Waals surface area contributed by atoms with Gasteiger partial charge >= 0.3 is 12.1 Å². The van der Waals surface area contributed by atoms with Gasteiger partial charge in [-0.15, -0.1) is 0 Å². The Kier molecular flexibility index (Phi) is 4.41. The van der Waals surface area contributed by atoms with Crippen LogP contribution in [0.2, 0.25) is 0 Å². The molecule has 0 aliphatic carbocycles. The van der Waals surface area contributed by atoms with Crippen LogP contribution in [0.1, 0.15) is 6.92 Å². The van der Waals surface area contributed by atoms with Crippen LogP contribution in [0.25, 0.3) is 0 Å². The molecule has 0 aromatic heterocycles.